The summed E-state index contributed by atoms with van der Waals surface area (Å²) in [5, 5.41) is 0. The van der Waals surface area contributed by atoms with Gasteiger partial charge in [0.1, 0.15) is 6.61 Å². The number of hydrogen-bond acceptors (Lipinski definition) is 3. The predicted molar refractivity (Wildman–Crippen MR) is 89.6 cm³/mol. The van der Waals surface area contributed by atoms with Gasteiger partial charge in [-0.15, -0.1) is 0 Å². The minimum absolute atomic E-state index is 0.0867. The second kappa shape index (κ2) is 7.58. The van der Waals surface area contributed by atoms with Crippen molar-refractivity contribution in [2.24, 2.45) is 0 Å². The molecule has 0 bridgehead atoms. The molecule has 2 rings (SSSR count). The molecule has 23 heavy (non-hydrogen) atoms. The van der Waals surface area contributed by atoms with Gasteiger partial charge >= 0.3 is 5.97 Å². The van der Waals surface area contributed by atoms with Gasteiger partial charge in [0.05, 0.1) is 12.1 Å². The predicted octanol–water partition coefficient (Wildman–Crippen LogP) is 3.23. The van der Waals surface area contributed by atoms with Gasteiger partial charge in [-0.1, -0.05) is 35.4 Å². The van der Waals surface area contributed by atoms with Crippen LogP contribution in [0.3, 0.4) is 0 Å². The third-order valence-electron chi connectivity index (χ3n) is 3.59. The molecule has 0 saturated heterocycles. The summed E-state index contributed by atoms with van der Waals surface area (Å²) in [5.74, 6) is -0.461. The molecule has 4 nitrogen and oxygen atoms in total. The van der Waals surface area contributed by atoms with E-state index in [4.69, 9.17) is 4.74 Å². The van der Waals surface area contributed by atoms with Gasteiger partial charge in [-0.25, -0.2) is 4.79 Å². The van der Waals surface area contributed by atoms with E-state index in [2.05, 4.69) is 0 Å². The van der Waals surface area contributed by atoms with Crippen molar-refractivity contribution in [3.05, 3.63) is 70.8 Å². The Morgan fingerprint density at radius 1 is 0.870 bits per heavy atom. The summed E-state index contributed by atoms with van der Waals surface area (Å²) in [5.41, 5.74) is 3.34. The van der Waals surface area contributed by atoms with E-state index >= 15 is 0 Å². The van der Waals surface area contributed by atoms with E-state index in [0.717, 1.165) is 11.1 Å². The van der Waals surface area contributed by atoms with Crippen LogP contribution in [-0.2, 0) is 4.74 Å². The maximum Gasteiger partial charge on any atom is 0.338 e. The zero-order valence-corrected chi connectivity index (χ0v) is 13.7. The summed E-state index contributed by atoms with van der Waals surface area (Å²) in [4.78, 5) is 25.7. The van der Waals surface area contributed by atoms with Crippen molar-refractivity contribution in [3.63, 3.8) is 0 Å². The van der Waals surface area contributed by atoms with E-state index in [1.807, 2.05) is 38.1 Å². The fourth-order valence-electron chi connectivity index (χ4n) is 2.07. The maximum absolute atomic E-state index is 12.2. The molecule has 0 aromatic heterocycles. The first-order valence-electron chi connectivity index (χ1n) is 7.53. The fraction of sp³-hybridized carbons (Fsp3) is 0.263. The van der Waals surface area contributed by atoms with E-state index in [0.29, 0.717) is 17.7 Å². The van der Waals surface area contributed by atoms with Crippen LogP contribution in [0.25, 0.3) is 0 Å². The Hall–Kier alpha value is -2.62. The number of likely N-dealkylation sites (N-methyl/N-ethyl adjacent to an activating group) is 1. The first kappa shape index (κ1) is 16.7. The molecule has 0 N–H and O–H groups in total. The van der Waals surface area contributed by atoms with Crippen molar-refractivity contribution < 1.29 is 14.3 Å². The second-order valence-electron chi connectivity index (χ2n) is 5.59. The lowest BCUT2D eigenvalue weighted by Crippen LogP contribution is -2.30. The number of ether oxygens (including phenoxy) is 1. The van der Waals surface area contributed by atoms with Crippen molar-refractivity contribution in [2.45, 2.75) is 13.8 Å². The standard InChI is InChI=1S/C19H21NO3/c1-14-4-8-16(9-5-14)18(21)20(3)12-13-23-19(22)17-10-6-15(2)7-11-17/h4-11H,12-13H2,1-3H3. The minimum atomic E-state index is -0.374. The number of rotatable bonds is 5. The molecule has 0 fully saturated rings. The normalized spacial score (nSPS) is 10.2. The van der Waals surface area contributed by atoms with Crippen molar-refractivity contribution in [3.8, 4) is 0 Å². The van der Waals surface area contributed by atoms with Crippen molar-refractivity contribution in [1.29, 1.82) is 0 Å². The van der Waals surface area contributed by atoms with Crippen LogP contribution in [0.2, 0.25) is 0 Å². The molecule has 0 aliphatic rings. The van der Waals surface area contributed by atoms with Gasteiger partial charge in [0.25, 0.3) is 5.91 Å². The van der Waals surface area contributed by atoms with Crippen LogP contribution in [0.5, 0.6) is 0 Å². The lowest BCUT2D eigenvalue weighted by atomic mass is 10.1. The molecule has 0 heterocycles. The second-order valence-corrected chi connectivity index (χ2v) is 5.59. The zero-order valence-electron chi connectivity index (χ0n) is 13.7. The highest BCUT2D eigenvalue weighted by Gasteiger charge is 2.12. The molecule has 120 valence electrons. The molecule has 0 radical (unpaired) electrons. The van der Waals surface area contributed by atoms with E-state index in [-0.39, 0.29) is 18.5 Å². The van der Waals surface area contributed by atoms with Gasteiger partial charge in [-0.3, -0.25) is 4.79 Å². The topological polar surface area (TPSA) is 46.6 Å². The molecule has 4 heteroatoms. The van der Waals surface area contributed by atoms with Crippen LogP contribution in [0.4, 0.5) is 0 Å². The molecule has 0 saturated carbocycles. The Balaban J connectivity index is 1.83. The molecule has 0 aliphatic carbocycles. The summed E-state index contributed by atoms with van der Waals surface area (Å²) < 4.78 is 5.21. The van der Waals surface area contributed by atoms with E-state index in [9.17, 15) is 9.59 Å². The average Bonchev–Trinajstić information content (AvgIpc) is 2.55. The van der Waals surface area contributed by atoms with Gasteiger partial charge in [0.2, 0.25) is 0 Å². The number of carbonyl (C=O) groups excluding carboxylic acids is 2. The number of esters is 1. The monoisotopic (exact) mass is 311 g/mol. The van der Waals surface area contributed by atoms with Gasteiger partial charge in [-0.2, -0.15) is 0 Å². The summed E-state index contributed by atoms with van der Waals surface area (Å²) in [7, 11) is 1.70. The Labute approximate surface area is 136 Å². The Morgan fingerprint density at radius 2 is 1.35 bits per heavy atom. The number of nitrogens with zero attached hydrogens (tertiary/aromatic N) is 1. The largest absolute Gasteiger partial charge is 0.460 e. The average molecular weight is 311 g/mol. The first-order valence-corrected chi connectivity index (χ1v) is 7.53. The lowest BCUT2D eigenvalue weighted by molar-refractivity contribution is 0.0452. The maximum atomic E-state index is 12.2. The Morgan fingerprint density at radius 3 is 1.87 bits per heavy atom. The van der Waals surface area contributed by atoms with E-state index in [1.54, 1.807) is 36.2 Å². The quantitative estimate of drug-likeness (QED) is 0.796. The van der Waals surface area contributed by atoms with Gasteiger partial charge in [0.15, 0.2) is 0 Å². The number of benzene rings is 2. The summed E-state index contributed by atoms with van der Waals surface area (Å²) >= 11 is 0. The van der Waals surface area contributed by atoms with Crippen LogP contribution in [0, 0.1) is 13.8 Å². The molecule has 2 aromatic carbocycles. The van der Waals surface area contributed by atoms with Crippen molar-refractivity contribution >= 4 is 11.9 Å². The van der Waals surface area contributed by atoms with Crippen LogP contribution in [0.1, 0.15) is 31.8 Å². The third-order valence-corrected chi connectivity index (χ3v) is 3.59. The highest BCUT2D eigenvalue weighted by Crippen LogP contribution is 2.07. The molecule has 0 unspecified atom stereocenters. The Bertz CT molecular complexity index is 675. The molecule has 0 atom stereocenters. The molecule has 1 amide bonds. The smallest absolute Gasteiger partial charge is 0.338 e. The number of carbonyl (C=O) groups is 2. The van der Waals surface area contributed by atoms with Crippen LogP contribution >= 0.6 is 0 Å². The van der Waals surface area contributed by atoms with Crippen molar-refractivity contribution in [2.75, 3.05) is 20.2 Å². The lowest BCUT2D eigenvalue weighted by Gasteiger charge is -2.17. The zero-order chi connectivity index (χ0) is 16.8. The molecule has 0 aliphatic heterocycles. The van der Waals surface area contributed by atoms with Crippen LogP contribution in [0.15, 0.2) is 48.5 Å². The minimum Gasteiger partial charge on any atom is -0.460 e. The number of aryl methyl sites for hydroxylation is 2. The van der Waals surface area contributed by atoms with E-state index in [1.165, 1.54) is 0 Å². The Kier molecular flexibility index (Phi) is 5.52. The summed E-state index contributed by atoms with van der Waals surface area (Å²) in [6.45, 7) is 4.45. The third kappa shape index (κ3) is 4.68. The fourth-order valence-corrected chi connectivity index (χ4v) is 2.07. The molecular formula is C19H21NO3. The SMILES string of the molecule is Cc1ccc(C(=O)OCCN(C)C(=O)c2ccc(C)cc2)cc1. The summed E-state index contributed by atoms with van der Waals surface area (Å²) in [6.07, 6.45) is 0. The highest BCUT2D eigenvalue weighted by atomic mass is 16.5. The first-order chi connectivity index (χ1) is 11.0. The molecule has 2 aromatic rings. The number of hydrogen-bond donors (Lipinski definition) is 0. The van der Waals surface area contributed by atoms with Crippen LogP contribution < -0.4 is 0 Å². The van der Waals surface area contributed by atoms with Crippen molar-refractivity contribution in [1.82, 2.24) is 4.90 Å². The van der Waals surface area contributed by atoms with E-state index < -0.39 is 0 Å². The van der Waals surface area contributed by atoms with Gasteiger partial charge in [-0.05, 0) is 38.1 Å². The summed E-state index contributed by atoms with van der Waals surface area (Å²) in [6, 6.07) is 14.6. The van der Waals surface area contributed by atoms with Gasteiger partial charge in [0, 0.05) is 12.6 Å². The number of amides is 1. The van der Waals surface area contributed by atoms with Gasteiger partial charge < -0.3 is 9.64 Å². The highest BCUT2D eigenvalue weighted by molar-refractivity contribution is 5.94. The molecule has 0 spiro atoms. The van der Waals surface area contributed by atoms with Crippen LogP contribution in [-0.4, -0.2) is 37.0 Å². The molecular weight excluding hydrogens is 290 g/mol.